The highest BCUT2D eigenvalue weighted by Gasteiger charge is 2.21. The topological polar surface area (TPSA) is 66.4 Å². The summed E-state index contributed by atoms with van der Waals surface area (Å²) in [7, 11) is 0. The van der Waals surface area contributed by atoms with Crippen LogP contribution in [0, 0.1) is 0 Å². The SMILES string of the molecule is O=C(c1ccc(N2CCCCC2=O)cc1)N(Cc1ccncc1)Cc1cccnc1. The number of piperidine rings is 1. The van der Waals surface area contributed by atoms with E-state index in [0.717, 1.165) is 36.2 Å². The first-order chi connectivity index (χ1) is 14.7. The van der Waals surface area contributed by atoms with E-state index in [1.54, 1.807) is 29.7 Å². The number of hydrogen-bond acceptors (Lipinski definition) is 4. The summed E-state index contributed by atoms with van der Waals surface area (Å²) >= 11 is 0. The predicted octanol–water partition coefficient (Wildman–Crippen LogP) is 3.84. The normalized spacial score (nSPS) is 13.9. The molecule has 0 atom stereocenters. The summed E-state index contributed by atoms with van der Waals surface area (Å²) in [5.74, 6) is 0.0865. The van der Waals surface area contributed by atoms with Crippen molar-refractivity contribution in [2.24, 2.45) is 0 Å². The Morgan fingerprint density at radius 1 is 0.900 bits per heavy atom. The summed E-state index contributed by atoms with van der Waals surface area (Å²) in [6.45, 7) is 1.67. The van der Waals surface area contributed by atoms with Crippen LogP contribution >= 0.6 is 0 Å². The molecule has 0 radical (unpaired) electrons. The molecule has 152 valence electrons. The van der Waals surface area contributed by atoms with Crippen molar-refractivity contribution in [2.75, 3.05) is 11.4 Å². The molecule has 2 amide bonds. The molecular formula is C24H24N4O2. The Morgan fingerprint density at radius 2 is 1.67 bits per heavy atom. The molecule has 2 aromatic heterocycles. The first-order valence-corrected chi connectivity index (χ1v) is 10.2. The molecule has 4 rings (SSSR count). The van der Waals surface area contributed by atoms with E-state index in [2.05, 4.69) is 9.97 Å². The third-order valence-corrected chi connectivity index (χ3v) is 5.26. The van der Waals surface area contributed by atoms with Crippen LogP contribution in [0.25, 0.3) is 0 Å². The highest BCUT2D eigenvalue weighted by molar-refractivity contribution is 5.97. The smallest absolute Gasteiger partial charge is 0.254 e. The molecule has 1 aromatic carbocycles. The fraction of sp³-hybridized carbons (Fsp3) is 0.250. The third kappa shape index (κ3) is 4.71. The summed E-state index contributed by atoms with van der Waals surface area (Å²) in [6, 6.07) is 15.0. The van der Waals surface area contributed by atoms with Crippen molar-refractivity contribution in [2.45, 2.75) is 32.4 Å². The van der Waals surface area contributed by atoms with E-state index in [0.29, 0.717) is 25.1 Å². The molecule has 0 N–H and O–H groups in total. The number of carbonyl (C=O) groups is 2. The van der Waals surface area contributed by atoms with E-state index < -0.39 is 0 Å². The molecule has 30 heavy (non-hydrogen) atoms. The lowest BCUT2D eigenvalue weighted by Crippen LogP contribution is -2.35. The minimum Gasteiger partial charge on any atom is -0.330 e. The fourth-order valence-corrected chi connectivity index (χ4v) is 3.67. The number of aromatic nitrogens is 2. The number of hydrogen-bond donors (Lipinski definition) is 0. The van der Waals surface area contributed by atoms with Crippen LogP contribution in [0.5, 0.6) is 0 Å². The van der Waals surface area contributed by atoms with Crippen LogP contribution in [0.2, 0.25) is 0 Å². The van der Waals surface area contributed by atoms with Gasteiger partial charge in [0, 0.05) is 62.1 Å². The lowest BCUT2D eigenvalue weighted by Gasteiger charge is -2.27. The zero-order chi connectivity index (χ0) is 20.8. The molecule has 1 fully saturated rings. The van der Waals surface area contributed by atoms with E-state index in [1.165, 1.54) is 0 Å². The summed E-state index contributed by atoms with van der Waals surface area (Å²) in [4.78, 5) is 37.3. The number of amides is 2. The Morgan fingerprint density at radius 3 is 2.37 bits per heavy atom. The molecule has 1 aliphatic heterocycles. The number of anilines is 1. The Kier molecular flexibility index (Phi) is 6.13. The van der Waals surface area contributed by atoms with Gasteiger partial charge in [0.1, 0.15) is 0 Å². The second kappa shape index (κ2) is 9.31. The van der Waals surface area contributed by atoms with Gasteiger partial charge < -0.3 is 9.80 Å². The quantitative estimate of drug-likeness (QED) is 0.631. The summed E-state index contributed by atoms with van der Waals surface area (Å²) in [6.07, 6.45) is 9.50. The number of carbonyl (C=O) groups excluding carboxylic acids is 2. The van der Waals surface area contributed by atoms with E-state index in [9.17, 15) is 9.59 Å². The van der Waals surface area contributed by atoms with Crippen LogP contribution in [0.1, 0.15) is 40.7 Å². The van der Waals surface area contributed by atoms with Gasteiger partial charge in [-0.25, -0.2) is 0 Å². The fourth-order valence-electron chi connectivity index (χ4n) is 3.67. The van der Waals surface area contributed by atoms with E-state index in [1.807, 2.05) is 53.4 Å². The molecule has 6 heteroatoms. The second-order valence-corrected chi connectivity index (χ2v) is 7.43. The van der Waals surface area contributed by atoms with Gasteiger partial charge in [0.2, 0.25) is 5.91 Å². The lowest BCUT2D eigenvalue weighted by atomic mass is 10.1. The molecule has 0 spiro atoms. The monoisotopic (exact) mass is 400 g/mol. The Bertz CT molecular complexity index is 949. The molecule has 0 aliphatic carbocycles. The van der Waals surface area contributed by atoms with Crippen LogP contribution in [0.4, 0.5) is 5.69 Å². The zero-order valence-electron chi connectivity index (χ0n) is 16.8. The average Bonchev–Trinajstić information content (AvgIpc) is 2.80. The van der Waals surface area contributed by atoms with Crippen LogP contribution in [0.3, 0.4) is 0 Å². The zero-order valence-corrected chi connectivity index (χ0v) is 16.8. The number of rotatable bonds is 6. The first-order valence-electron chi connectivity index (χ1n) is 10.2. The number of nitrogens with zero attached hydrogens (tertiary/aromatic N) is 4. The highest BCUT2D eigenvalue weighted by Crippen LogP contribution is 2.22. The second-order valence-electron chi connectivity index (χ2n) is 7.43. The molecule has 6 nitrogen and oxygen atoms in total. The van der Waals surface area contributed by atoms with Gasteiger partial charge in [-0.2, -0.15) is 0 Å². The van der Waals surface area contributed by atoms with Crippen molar-refractivity contribution in [1.82, 2.24) is 14.9 Å². The minimum atomic E-state index is -0.0628. The molecule has 0 saturated carbocycles. The van der Waals surface area contributed by atoms with Gasteiger partial charge in [0.15, 0.2) is 0 Å². The highest BCUT2D eigenvalue weighted by atomic mass is 16.2. The summed E-state index contributed by atoms with van der Waals surface area (Å²) in [5, 5.41) is 0. The van der Waals surface area contributed by atoms with Gasteiger partial charge in [0.05, 0.1) is 0 Å². The van der Waals surface area contributed by atoms with Gasteiger partial charge in [-0.3, -0.25) is 19.6 Å². The number of pyridine rings is 2. The largest absolute Gasteiger partial charge is 0.330 e. The maximum absolute atomic E-state index is 13.3. The van der Waals surface area contributed by atoms with Crippen molar-refractivity contribution in [1.29, 1.82) is 0 Å². The molecule has 3 aromatic rings. The standard InChI is InChI=1S/C24H24N4O2/c29-23-5-1-2-15-28(23)22-8-6-21(7-9-22)24(30)27(17-19-10-13-25-14-11-19)18-20-4-3-12-26-16-20/h3-4,6-14,16H,1-2,5,15,17-18H2. The van der Waals surface area contributed by atoms with Gasteiger partial charge >= 0.3 is 0 Å². The van der Waals surface area contributed by atoms with E-state index in [4.69, 9.17) is 0 Å². The average molecular weight is 400 g/mol. The predicted molar refractivity (Wildman–Crippen MR) is 115 cm³/mol. The number of benzene rings is 1. The molecule has 1 saturated heterocycles. The Labute approximate surface area is 176 Å². The minimum absolute atomic E-state index is 0.0628. The molecule has 0 unspecified atom stereocenters. The summed E-state index contributed by atoms with van der Waals surface area (Å²) in [5.41, 5.74) is 3.43. The van der Waals surface area contributed by atoms with E-state index in [-0.39, 0.29) is 11.8 Å². The maximum Gasteiger partial charge on any atom is 0.254 e. The van der Waals surface area contributed by atoms with Crippen LogP contribution in [-0.2, 0) is 17.9 Å². The van der Waals surface area contributed by atoms with Gasteiger partial charge in [-0.15, -0.1) is 0 Å². The Balaban J connectivity index is 1.55. The van der Waals surface area contributed by atoms with Gasteiger partial charge in [-0.05, 0) is 66.4 Å². The van der Waals surface area contributed by atoms with Crippen LogP contribution in [0.15, 0.2) is 73.3 Å². The Hall–Kier alpha value is -3.54. The van der Waals surface area contributed by atoms with Gasteiger partial charge in [0.25, 0.3) is 5.91 Å². The van der Waals surface area contributed by atoms with Crippen molar-refractivity contribution >= 4 is 17.5 Å². The molecule has 3 heterocycles. The summed E-state index contributed by atoms with van der Waals surface area (Å²) < 4.78 is 0. The van der Waals surface area contributed by atoms with Gasteiger partial charge in [-0.1, -0.05) is 6.07 Å². The van der Waals surface area contributed by atoms with Crippen molar-refractivity contribution in [3.05, 3.63) is 90.0 Å². The molecule has 1 aliphatic rings. The molecule has 0 bridgehead atoms. The molecular weight excluding hydrogens is 376 g/mol. The van der Waals surface area contributed by atoms with E-state index >= 15 is 0 Å². The van der Waals surface area contributed by atoms with Crippen molar-refractivity contribution in [3.8, 4) is 0 Å². The third-order valence-electron chi connectivity index (χ3n) is 5.26. The van der Waals surface area contributed by atoms with Crippen LogP contribution in [-0.4, -0.2) is 33.2 Å². The van der Waals surface area contributed by atoms with Crippen molar-refractivity contribution in [3.63, 3.8) is 0 Å². The lowest BCUT2D eigenvalue weighted by molar-refractivity contribution is -0.119. The van der Waals surface area contributed by atoms with Crippen molar-refractivity contribution < 1.29 is 9.59 Å². The first kappa shape index (κ1) is 19.8. The van der Waals surface area contributed by atoms with Crippen LogP contribution < -0.4 is 4.90 Å². The maximum atomic E-state index is 13.3.